The largest absolute Gasteiger partial charge is 0.493 e. The number of aryl methyl sites for hydroxylation is 1. The molecule has 4 rings (SSSR count). The molecular weight excluding hydrogens is 556 g/mol. The molecule has 0 spiro atoms. The Morgan fingerprint density at radius 2 is 1.95 bits per heavy atom. The number of methoxy groups -OCH3 is 1. The van der Waals surface area contributed by atoms with Crippen molar-refractivity contribution in [3.8, 4) is 11.5 Å². The van der Waals surface area contributed by atoms with Gasteiger partial charge in [0.1, 0.15) is 0 Å². The van der Waals surface area contributed by atoms with Gasteiger partial charge in [-0.25, -0.2) is 9.79 Å². The van der Waals surface area contributed by atoms with Crippen LogP contribution in [-0.2, 0) is 9.53 Å². The van der Waals surface area contributed by atoms with E-state index >= 15 is 0 Å². The average Bonchev–Trinajstić information content (AvgIpc) is 3.15. The Kier molecular flexibility index (Phi) is 8.04. The lowest BCUT2D eigenvalue weighted by Gasteiger charge is -2.25. The third-order valence-corrected chi connectivity index (χ3v) is 7.71. The van der Waals surface area contributed by atoms with Gasteiger partial charge in [0.15, 0.2) is 16.3 Å². The van der Waals surface area contributed by atoms with Crippen molar-refractivity contribution in [1.29, 1.82) is 0 Å². The standard InChI is InChI=1S/C28H29BrN2O5S/c1-7-35-27(33)24-17(5)30-28-31(25(24)19-10-11-21(36-15(2)3)22(14-19)34-6)26(32)23(37-28)13-18-9-8-16(4)20(29)12-18/h8-15,25H,7H2,1-6H3/b23-13+/t25-/m1/s1. The summed E-state index contributed by atoms with van der Waals surface area (Å²) in [6.07, 6.45) is 1.80. The summed E-state index contributed by atoms with van der Waals surface area (Å²) in [5.41, 5.74) is 3.27. The molecule has 0 saturated carbocycles. The van der Waals surface area contributed by atoms with Gasteiger partial charge in [-0.05, 0) is 75.6 Å². The van der Waals surface area contributed by atoms with Crippen LogP contribution in [0.2, 0.25) is 0 Å². The van der Waals surface area contributed by atoms with Crippen molar-refractivity contribution in [1.82, 2.24) is 4.57 Å². The second kappa shape index (κ2) is 11.1. The van der Waals surface area contributed by atoms with E-state index in [-0.39, 0.29) is 18.3 Å². The van der Waals surface area contributed by atoms with Gasteiger partial charge in [0.25, 0.3) is 5.56 Å². The monoisotopic (exact) mass is 584 g/mol. The SMILES string of the molecule is CCOC(=O)C1=C(C)N=c2s/c(=C/c3ccc(C)c(Br)c3)c(=O)n2[C@@H]1c1ccc(OC(C)C)c(OC)c1. The number of nitrogens with zero attached hydrogens (tertiary/aromatic N) is 2. The topological polar surface area (TPSA) is 79.1 Å². The van der Waals surface area contributed by atoms with Crippen molar-refractivity contribution in [2.75, 3.05) is 13.7 Å². The molecule has 3 aromatic rings. The van der Waals surface area contributed by atoms with Gasteiger partial charge in [0.2, 0.25) is 0 Å². The van der Waals surface area contributed by atoms with Crippen LogP contribution in [0.15, 0.2) is 61.9 Å². The maximum Gasteiger partial charge on any atom is 0.338 e. The van der Waals surface area contributed by atoms with Crippen LogP contribution in [0.5, 0.6) is 11.5 Å². The highest BCUT2D eigenvalue weighted by atomic mass is 79.9. The predicted octanol–water partition coefficient (Wildman–Crippen LogP) is 4.67. The molecule has 37 heavy (non-hydrogen) atoms. The molecule has 1 aliphatic rings. The van der Waals surface area contributed by atoms with Crippen LogP contribution < -0.4 is 24.4 Å². The summed E-state index contributed by atoms with van der Waals surface area (Å²) in [6, 6.07) is 10.6. The summed E-state index contributed by atoms with van der Waals surface area (Å²) in [4.78, 5) is 32.1. The van der Waals surface area contributed by atoms with E-state index in [4.69, 9.17) is 14.2 Å². The minimum absolute atomic E-state index is 0.0449. The Labute approximate surface area is 227 Å². The Morgan fingerprint density at radius 1 is 1.19 bits per heavy atom. The highest BCUT2D eigenvalue weighted by Crippen LogP contribution is 2.36. The molecule has 0 unspecified atom stereocenters. The molecule has 7 nitrogen and oxygen atoms in total. The Hall–Kier alpha value is -3.17. The predicted molar refractivity (Wildman–Crippen MR) is 148 cm³/mol. The van der Waals surface area contributed by atoms with E-state index in [1.54, 1.807) is 37.7 Å². The van der Waals surface area contributed by atoms with Gasteiger partial charge >= 0.3 is 5.97 Å². The molecule has 0 radical (unpaired) electrons. The average molecular weight is 586 g/mol. The van der Waals surface area contributed by atoms with E-state index in [9.17, 15) is 9.59 Å². The second-order valence-electron chi connectivity index (χ2n) is 8.89. The fourth-order valence-corrected chi connectivity index (χ4v) is 5.61. The van der Waals surface area contributed by atoms with E-state index in [0.717, 1.165) is 15.6 Å². The van der Waals surface area contributed by atoms with Crippen LogP contribution in [0, 0.1) is 6.92 Å². The zero-order valence-electron chi connectivity index (χ0n) is 21.6. The maximum absolute atomic E-state index is 13.8. The molecule has 0 N–H and O–H groups in total. The van der Waals surface area contributed by atoms with Crippen molar-refractivity contribution in [3.63, 3.8) is 0 Å². The molecule has 0 amide bonds. The van der Waals surface area contributed by atoms with E-state index in [1.165, 1.54) is 11.3 Å². The van der Waals surface area contributed by atoms with Gasteiger partial charge in [-0.1, -0.05) is 45.5 Å². The smallest absolute Gasteiger partial charge is 0.338 e. The van der Waals surface area contributed by atoms with Gasteiger partial charge in [-0.15, -0.1) is 0 Å². The lowest BCUT2D eigenvalue weighted by atomic mass is 9.95. The van der Waals surface area contributed by atoms with Gasteiger partial charge in [-0.2, -0.15) is 0 Å². The molecule has 9 heteroatoms. The van der Waals surface area contributed by atoms with Gasteiger partial charge in [-0.3, -0.25) is 9.36 Å². The van der Waals surface area contributed by atoms with E-state index < -0.39 is 12.0 Å². The molecule has 2 aromatic carbocycles. The molecule has 194 valence electrons. The maximum atomic E-state index is 13.8. The summed E-state index contributed by atoms with van der Waals surface area (Å²) in [5.74, 6) is 0.583. The lowest BCUT2D eigenvalue weighted by Crippen LogP contribution is -2.40. The van der Waals surface area contributed by atoms with Crippen LogP contribution in [0.1, 0.15) is 50.4 Å². The summed E-state index contributed by atoms with van der Waals surface area (Å²) < 4.78 is 19.9. The fraction of sp³-hybridized carbons (Fsp3) is 0.321. The highest BCUT2D eigenvalue weighted by Gasteiger charge is 2.34. The van der Waals surface area contributed by atoms with Crippen LogP contribution in [0.4, 0.5) is 0 Å². The van der Waals surface area contributed by atoms with Gasteiger partial charge < -0.3 is 14.2 Å². The third kappa shape index (κ3) is 5.43. The van der Waals surface area contributed by atoms with Crippen molar-refractivity contribution in [2.45, 2.75) is 46.8 Å². The summed E-state index contributed by atoms with van der Waals surface area (Å²) in [5, 5.41) is 0. The van der Waals surface area contributed by atoms with Crippen LogP contribution in [0.25, 0.3) is 6.08 Å². The number of benzene rings is 2. The van der Waals surface area contributed by atoms with Crippen molar-refractivity contribution in [3.05, 3.63) is 88.5 Å². The number of allylic oxidation sites excluding steroid dienone is 1. The first-order valence-corrected chi connectivity index (χ1v) is 13.6. The molecule has 0 bridgehead atoms. The van der Waals surface area contributed by atoms with Crippen LogP contribution in [-0.4, -0.2) is 30.4 Å². The number of hydrogen-bond donors (Lipinski definition) is 0. The number of aromatic nitrogens is 1. The van der Waals surface area contributed by atoms with Gasteiger partial charge in [0.05, 0.1) is 41.7 Å². The fourth-order valence-electron chi connectivity index (χ4n) is 4.16. The summed E-state index contributed by atoms with van der Waals surface area (Å²) in [6.45, 7) is 9.60. The molecule has 0 saturated heterocycles. The first-order chi connectivity index (χ1) is 17.6. The minimum Gasteiger partial charge on any atom is -0.493 e. The third-order valence-electron chi connectivity index (χ3n) is 5.88. The van der Waals surface area contributed by atoms with E-state index in [1.807, 2.05) is 51.1 Å². The number of ether oxygens (including phenoxy) is 3. The zero-order chi connectivity index (χ0) is 26.9. The number of carbonyl (C=O) groups is 1. The number of carbonyl (C=O) groups excluding carboxylic acids is 1. The normalized spacial score (nSPS) is 15.5. The number of fused-ring (bicyclic) bond motifs is 1. The van der Waals surface area contributed by atoms with Crippen molar-refractivity contribution >= 4 is 39.3 Å². The number of thiazole rings is 1. The Bertz CT molecular complexity index is 1570. The molecule has 1 aliphatic heterocycles. The highest BCUT2D eigenvalue weighted by molar-refractivity contribution is 9.10. The number of rotatable bonds is 7. The molecule has 1 atom stereocenters. The number of halogens is 1. The molecule has 0 fully saturated rings. The first-order valence-electron chi connectivity index (χ1n) is 11.9. The summed E-state index contributed by atoms with van der Waals surface area (Å²) >= 11 is 4.85. The molecule has 1 aromatic heterocycles. The summed E-state index contributed by atoms with van der Waals surface area (Å²) in [7, 11) is 1.56. The van der Waals surface area contributed by atoms with Crippen LogP contribution >= 0.6 is 27.3 Å². The Balaban J connectivity index is 1.94. The van der Waals surface area contributed by atoms with E-state index in [0.29, 0.717) is 37.7 Å². The van der Waals surface area contributed by atoms with Crippen molar-refractivity contribution < 1.29 is 19.0 Å². The van der Waals surface area contributed by atoms with Crippen LogP contribution in [0.3, 0.4) is 0 Å². The van der Waals surface area contributed by atoms with Gasteiger partial charge in [0, 0.05) is 4.47 Å². The zero-order valence-corrected chi connectivity index (χ0v) is 24.0. The lowest BCUT2D eigenvalue weighted by molar-refractivity contribution is -0.139. The first kappa shape index (κ1) is 26.9. The van der Waals surface area contributed by atoms with E-state index in [2.05, 4.69) is 20.9 Å². The molecular formula is C28H29BrN2O5S. The quantitative estimate of drug-likeness (QED) is 0.377. The minimum atomic E-state index is -0.732. The molecule has 2 heterocycles. The number of esters is 1. The molecule has 0 aliphatic carbocycles. The van der Waals surface area contributed by atoms with Crippen molar-refractivity contribution in [2.24, 2.45) is 4.99 Å². The Morgan fingerprint density at radius 3 is 2.59 bits per heavy atom. The number of hydrogen-bond acceptors (Lipinski definition) is 7. The second-order valence-corrected chi connectivity index (χ2v) is 10.8.